The van der Waals surface area contributed by atoms with E-state index in [4.69, 9.17) is 4.74 Å². The molecule has 6 nitrogen and oxygen atoms in total. The monoisotopic (exact) mass is 520 g/mol. The standard InChI is InChI=1S/C33H32N2O4/c1-19-10-16-25-21(18-19)13-17-26-33(23-8-6-7-9-24(23)34-31(33)38)27(28(35(25)26)30(37)32(2,3)4)29(36)20-11-14-22(39-5)15-12-20/h6-18,26-28H,1-5H3,(H,34,38)/t26-,27+,28+,33-/m1/s1. The van der Waals surface area contributed by atoms with Crippen LogP contribution in [0.15, 0.2) is 72.8 Å². The van der Waals surface area contributed by atoms with Crippen molar-refractivity contribution in [3.8, 4) is 5.75 Å². The number of hydrogen-bond donors (Lipinski definition) is 1. The summed E-state index contributed by atoms with van der Waals surface area (Å²) in [5, 5.41) is 3.07. The Morgan fingerprint density at radius 1 is 1.00 bits per heavy atom. The third kappa shape index (κ3) is 3.50. The number of carbonyl (C=O) groups excluding carboxylic acids is 3. The molecule has 198 valence electrons. The highest BCUT2D eigenvalue weighted by Gasteiger charge is 2.70. The molecule has 3 aliphatic rings. The lowest BCUT2D eigenvalue weighted by atomic mass is 9.63. The lowest BCUT2D eigenvalue weighted by Gasteiger charge is -2.38. The van der Waals surface area contributed by atoms with E-state index in [-0.39, 0.29) is 17.5 Å². The molecule has 1 N–H and O–H groups in total. The van der Waals surface area contributed by atoms with Crippen molar-refractivity contribution in [2.45, 2.75) is 45.2 Å². The SMILES string of the molecule is COc1ccc(C(=O)[C@@H]2[C@@H](C(=O)C(C)(C)C)N3c4ccc(C)cc4C=C[C@@H]3[C@@]23C(=O)Nc2ccccc23)cc1. The highest BCUT2D eigenvalue weighted by atomic mass is 16.5. The highest BCUT2D eigenvalue weighted by molar-refractivity contribution is 6.17. The molecular formula is C33H32N2O4. The van der Waals surface area contributed by atoms with E-state index in [0.717, 1.165) is 22.4 Å². The van der Waals surface area contributed by atoms with Crippen LogP contribution in [0.4, 0.5) is 11.4 Å². The maximum absolute atomic E-state index is 14.7. The molecule has 3 heterocycles. The molecule has 39 heavy (non-hydrogen) atoms. The van der Waals surface area contributed by atoms with Crippen molar-refractivity contribution in [1.29, 1.82) is 0 Å². The molecule has 3 aromatic rings. The van der Waals surface area contributed by atoms with E-state index < -0.39 is 28.8 Å². The van der Waals surface area contributed by atoms with Crippen LogP contribution in [-0.4, -0.2) is 36.7 Å². The van der Waals surface area contributed by atoms with Crippen LogP contribution in [0.2, 0.25) is 0 Å². The quantitative estimate of drug-likeness (QED) is 0.454. The van der Waals surface area contributed by atoms with Crippen molar-refractivity contribution in [1.82, 2.24) is 0 Å². The van der Waals surface area contributed by atoms with Crippen molar-refractivity contribution in [2.75, 3.05) is 17.3 Å². The molecule has 0 aromatic heterocycles. The molecule has 0 radical (unpaired) electrons. The number of amides is 1. The molecule has 0 unspecified atom stereocenters. The molecule has 6 heteroatoms. The second-order valence-corrected chi connectivity index (χ2v) is 11.8. The molecule has 4 atom stereocenters. The summed E-state index contributed by atoms with van der Waals surface area (Å²) in [4.78, 5) is 45.5. The number of aryl methyl sites for hydroxylation is 1. The van der Waals surface area contributed by atoms with E-state index in [1.807, 2.05) is 76.2 Å². The molecule has 1 saturated heterocycles. The molecule has 3 aliphatic heterocycles. The van der Waals surface area contributed by atoms with Gasteiger partial charge in [0.1, 0.15) is 17.2 Å². The van der Waals surface area contributed by atoms with Gasteiger partial charge in [0.25, 0.3) is 0 Å². The topological polar surface area (TPSA) is 75.7 Å². The Kier molecular flexibility index (Phi) is 5.58. The van der Waals surface area contributed by atoms with Gasteiger partial charge in [0.05, 0.1) is 19.1 Å². The van der Waals surface area contributed by atoms with E-state index >= 15 is 0 Å². The van der Waals surface area contributed by atoms with Gasteiger partial charge in [0.2, 0.25) is 5.91 Å². The molecule has 1 amide bonds. The molecule has 0 saturated carbocycles. The van der Waals surface area contributed by atoms with Crippen molar-refractivity contribution in [3.05, 3.63) is 95.1 Å². The number of anilines is 2. The van der Waals surface area contributed by atoms with Gasteiger partial charge in [-0.1, -0.05) is 62.8 Å². The lowest BCUT2D eigenvalue weighted by Crippen LogP contribution is -2.51. The first-order chi connectivity index (χ1) is 18.6. The second-order valence-electron chi connectivity index (χ2n) is 11.8. The number of carbonyl (C=O) groups is 3. The molecule has 6 rings (SSSR count). The predicted octanol–water partition coefficient (Wildman–Crippen LogP) is 5.59. The smallest absolute Gasteiger partial charge is 0.238 e. The van der Waals surface area contributed by atoms with Gasteiger partial charge in [0, 0.05) is 22.4 Å². The Balaban J connectivity index is 1.66. The average Bonchev–Trinajstić information content (AvgIpc) is 3.39. The summed E-state index contributed by atoms with van der Waals surface area (Å²) in [5.41, 5.74) is 2.76. The number of Topliss-reactive ketones (excluding diaryl/α,β-unsaturated/α-hetero) is 2. The molecule has 1 fully saturated rings. The number of hydrogen-bond acceptors (Lipinski definition) is 5. The highest BCUT2D eigenvalue weighted by Crippen LogP contribution is 2.58. The fraction of sp³-hybridized carbons (Fsp3) is 0.303. The molecular weight excluding hydrogens is 488 g/mol. The van der Waals surface area contributed by atoms with Crippen LogP contribution in [0, 0.1) is 18.3 Å². The van der Waals surface area contributed by atoms with Crippen molar-refractivity contribution >= 4 is 34.9 Å². The zero-order valence-corrected chi connectivity index (χ0v) is 22.8. The second kappa shape index (κ2) is 8.67. The fourth-order valence-electron chi connectivity index (χ4n) is 6.68. The number of ketones is 2. The summed E-state index contributed by atoms with van der Waals surface area (Å²) >= 11 is 0. The summed E-state index contributed by atoms with van der Waals surface area (Å²) < 4.78 is 5.31. The van der Waals surface area contributed by atoms with E-state index in [1.54, 1.807) is 31.4 Å². The number of fused-ring (bicyclic) bond motifs is 6. The number of nitrogens with zero attached hydrogens (tertiary/aromatic N) is 1. The van der Waals surface area contributed by atoms with Gasteiger partial charge in [-0.15, -0.1) is 0 Å². The number of nitrogens with one attached hydrogen (secondary N) is 1. The Hall–Kier alpha value is -4.19. The first-order valence-electron chi connectivity index (χ1n) is 13.3. The van der Waals surface area contributed by atoms with Gasteiger partial charge in [-0.3, -0.25) is 14.4 Å². The first-order valence-corrected chi connectivity index (χ1v) is 13.3. The Labute approximate surface area is 228 Å². The van der Waals surface area contributed by atoms with Gasteiger partial charge >= 0.3 is 0 Å². The minimum Gasteiger partial charge on any atom is -0.497 e. The third-order valence-corrected chi connectivity index (χ3v) is 8.45. The van der Waals surface area contributed by atoms with Crippen LogP contribution in [0.1, 0.15) is 47.8 Å². The molecule has 3 aromatic carbocycles. The van der Waals surface area contributed by atoms with Gasteiger partial charge in [0.15, 0.2) is 11.6 Å². The number of rotatable bonds is 4. The van der Waals surface area contributed by atoms with Crippen molar-refractivity contribution < 1.29 is 19.1 Å². The maximum atomic E-state index is 14.7. The van der Waals surface area contributed by atoms with Crippen LogP contribution in [0.5, 0.6) is 5.75 Å². The average molecular weight is 521 g/mol. The van der Waals surface area contributed by atoms with E-state index in [1.165, 1.54) is 0 Å². The molecule has 0 bridgehead atoms. The Bertz CT molecular complexity index is 1550. The van der Waals surface area contributed by atoms with Crippen LogP contribution >= 0.6 is 0 Å². The van der Waals surface area contributed by atoms with Crippen molar-refractivity contribution in [2.24, 2.45) is 11.3 Å². The number of methoxy groups -OCH3 is 1. The van der Waals surface area contributed by atoms with Crippen LogP contribution in [-0.2, 0) is 15.0 Å². The van der Waals surface area contributed by atoms with Crippen LogP contribution in [0.25, 0.3) is 6.08 Å². The Morgan fingerprint density at radius 2 is 1.72 bits per heavy atom. The zero-order valence-electron chi connectivity index (χ0n) is 22.8. The Morgan fingerprint density at radius 3 is 2.41 bits per heavy atom. The predicted molar refractivity (Wildman–Crippen MR) is 152 cm³/mol. The van der Waals surface area contributed by atoms with Gasteiger partial charge < -0.3 is 15.0 Å². The maximum Gasteiger partial charge on any atom is 0.238 e. The fourth-order valence-corrected chi connectivity index (χ4v) is 6.68. The van der Waals surface area contributed by atoms with Crippen molar-refractivity contribution in [3.63, 3.8) is 0 Å². The summed E-state index contributed by atoms with van der Waals surface area (Å²) in [6.45, 7) is 7.66. The molecule has 1 spiro atoms. The minimum absolute atomic E-state index is 0.0738. The van der Waals surface area contributed by atoms with Gasteiger partial charge in [-0.05, 0) is 60.5 Å². The van der Waals surface area contributed by atoms with E-state index in [0.29, 0.717) is 17.0 Å². The first kappa shape index (κ1) is 25.1. The normalized spacial score (nSPS) is 24.7. The lowest BCUT2D eigenvalue weighted by molar-refractivity contribution is -0.128. The van der Waals surface area contributed by atoms with Gasteiger partial charge in [-0.2, -0.15) is 0 Å². The van der Waals surface area contributed by atoms with E-state index in [9.17, 15) is 14.4 Å². The van der Waals surface area contributed by atoms with E-state index in [2.05, 4.69) is 16.3 Å². The minimum atomic E-state index is -1.29. The molecule has 0 aliphatic carbocycles. The summed E-state index contributed by atoms with van der Waals surface area (Å²) in [6, 6.07) is 19.2. The van der Waals surface area contributed by atoms with Gasteiger partial charge in [-0.25, -0.2) is 0 Å². The van der Waals surface area contributed by atoms with Crippen LogP contribution in [0.3, 0.4) is 0 Å². The largest absolute Gasteiger partial charge is 0.497 e. The third-order valence-electron chi connectivity index (χ3n) is 8.45. The summed E-state index contributed by atoms with van der Waals surface area (Å²) in [6.07, 6.45) is 4.03. The zero-order chi connectivity index (χ0) is 27.7. The number of benzene rings is 3. The number of para-hydroxylation sites is 1. The van der Waals surface area contributed by atoms with Crippen LogP contribution < -0.4 is 15.0 Å². The number of ether oxygens (including phenoxy) is 1. The summed E-state index contributed by atoms with van der Waals surface area (Å²) in [7, 11) is 1.57. The summed E-state index contributed by atoms with van der Waals surface area (Å²) in [5.74, 6) is -0.888.